The van der Waals surface area contributed by atoms with Crippen LogP contribution in [0.1, 0.15) is 20.8 Å². The molecule has 0 N–H and O–H groups in total. The maximum atomic E-state index is 11.7. The zero-order valence-corrected chi connectivity index (χ0v) is 8.95. The highest BCUT2D eigenvalue weighted by Crippen LogP contribution is 2.12. The van der Waals surface area contributed by atoms with E-state index in [0.717, 1.165) is 0 Å². The first-order valence-electron chi connectivity index (χ1n) is 4.70. The van der Waals surface area contributed by atoms with Gasteiger partial charge in [0.1, 0.15) is 5.92 Å². The van der Waals surface area contributed by atoms with Gasteiger partial charge in [-0.15, -0.1) is 6.42 Å². The Morgan fingerprint density at radius 3 is 2.43 bits per heavy atom. The Morgan fingerprint density at radius 2 is 2.14 bits per heavy atom. The third kappa shape index (κ3) is 3.11. The second kappa shape index (κ2) is 6.05. The topological polar surface area (TPSA) is 44.1 Å². The molecule has 0 aromatic carbocycles. The molecular formula is C11H16N2O. The van der Waals surface area contributed by atoms with E-state index in [1.54, 1.807) is 0 Å². The minimum Gasteiger partial charge on any atom is -0.331 e. The van der Waals surface area contributed by atoms with Crippen LogP contribution in [0.3, 0.4) is 0 Å². The molecule has 76 valence electrons. The Kier molecular flexibility index (Phi) is 5.41. The van der Waals surface area contributed by atoms with E-state index in [2.05, 4.69) is 5.92 Å². The lowest BCUT2D eigenvalue weighted by molar-refractivity contribution is -0.134. The molecule has 0 aliphatic carbocycles. The standard InChI is InChI=1S/C11H16N2O/c1-5-7-13(6-2)11(14)10(8-12)9(3)4/h1,9-10H,6-7H2,2-4H3. The van der Waals surface area contributed by atoms with Crippen molar-refractivity contribution >= 4 is 5.91 Å². The van der Waals surface area contributed by atoms with Crippen molar-refractivity contribution in [1.29, 1.82) is 5.26 Å². The van der Waals surface area contributed by atoms with E-state index in [1.165, 1.54) is 4.90 Å². The number of nitriles is 1. The van der Waals surface area contributed by atoms with Crippen molar-refractivity contribution in [2.45, 2.75) is 20.8 Å². The molecule has 0 fully saturated rings. The summed E-state index contributed by atoms with van der Waals surface area (Å²) in [7, 11) is 0. The summed E-state index contributed by atoms with van der Waals surface area (Å²) >= 11 is 0. The fraction of sp³-hybridized carbons (Fsp3) is 0.636. The van der Waals surface area contributed by atoms with Crippen molar-refractivity contribution < 1.29 is 4.79 Å². The monoisotopic (exact) mass is 192 g/mol. The first kappa shape index (κ1) is 12.5. The largest absolute Gasteiger partial charge is 0.331 e. The van der Waals surface area contributed by atoms with Gasteiger partial charge in [-0.1, -0.05) is 19.8 Å². The van der Waals surface area contributed by atoms with Crippen molar-refractivity contribution in [2.24, 2.45) is 11.8 Å². The van der Waals surface area contributed by atoms with Crippen LogP contribution in [0, 0.1) is 35.5 Å². The van der Waals surface area contributed by atoms with E-state index >= 15 is 0 Å². The predicted octanol–water partition coefficient (Wildman–Crippen LogP) is 1.26. The van der Waals surface area contributed by atoms with Crippen molar-refractivity contribution in [1.82, 2.24) is 4.90 Å². The third-order valence-electron chi connectivity index (χ3n) is 2.05. The van der Waals surface area contributed by atoms with Crippen LogP contribution in [0.15, 0.2) is 0 Å². The van der Waals surface area contributed by atoms with Crippen molar-refractivity contribution in [3.8, 4) is 18.4 Å². The average Bonchev–Trinajstić information content (AvgIpc) is 2.14. The second-order valence-corrected chi connectivity index (χ2v) is 3.41. The van der Waals surface area contributed by atoms with Crippen LogP contribution in [0.4, 0.5) is 0 Å². The second-order valence-electron chi connectivity index (χ2n) is 3.41. The molecule has 1 atom stereocenters. The van der Waals surface area contributed by atoms with Gasteiger partial charge in [0.15, 0.2) is 0 Å². The van der Waals surface area contributed by atoms with Gasteiger partial charge in [-0.3, -0.25) is 4.79 Å². The molecule has 3 heteroatoms. The van der Waals surface area contributed by atoms with Crippen LogP contribution in [0.25, 0.3) is 0 Å². The number of nitrogens with zero attached hydrogens (tertiary/aromatic N) is 2. The number of carbonyl (C=O) groups is 1. The highest BCUT2D eigenvalue weighted by atomic mass is 16.2. The van der Waals surface area contributed by atoms with Crippen molar-refractivity contribution in [3.63, 3.8) is 0 Å². The molecule has 0 spiro atoms. The Hall–Kier alpha value is -1.48. The molecule has 0 aliphatic rings. The van der Waals surface area contributed by atoms with E-state index in [9.17, 15) is 4.79 Å². The molecule has 0 saturated heterocycles. The summed E-state index contributed by atoms with van der Waals surface area (Å²) in [5.74, 6) is 1.70. The lowest BCUT2D eigenvalue weighted by atomic mass is 9.96. The van der Waals surface area contributed by atoms with E-state index in [4.69, 9.17) is 11.7 Å². The van der Waals surface area contributed by atoms with E-state index in [0.29, 0.717) is 6.54 Å². The SMILES string of the molecule is C#CCN(CC)C(=O)C(C#N)C(C)C. The van der Waals surface area contributed by atoms with Gasteiger partial charge in [0, 0.05) is 6.54 Å². The zero-order valence-electron chi connectivity index (χ0n) is 8.95. The fourth-order valence-corrected chi connectivity index (χ4v) is 1.14. The van der Waals surface area contributed by atoms with Gasteiger partial charge in [-0.05, 0) is 12.8 Å². The van der Waals surface area contributed by atoms with Crippen molar-refractivity contribution in [3.05, 3.63) is 0 Å². The Balaban J connectivity index is 4.57. The minimum absolute atomic E-state index is 0.0272. The van der Waals surface area contributed by atoms with E-state index in [1.807, 2.05) is 26.8 Å². The first-order chi connectivity index (χ1) is 6.58. The summed E-state index contributed by atoms with van der Waals surface area (Å²) in [6, 6.07) is 2.01. The Morgan fingerprint density at radius 1 is 1.57 bits per heavy atom. The highest BCUT2D eigenvalue weighted by Gasteiger charge is 2.25. The maximum absolute atomic E-state index is 11.7. The molecule has 0 rings (SSSR count). The summed E-state index contributed by atoms with van der Waals surface area (Å²) in [5.41, 5.74) is 0. The Bertz CT molecular complexity index is 270. The number of hydrogen-bond acceptors (Lipinski definition) is 2. The molecule has 3 nitrogen and oxygen atoms in total. The van der Waals surface area contributed by atoms with Crippen LogP contribution < -0.4 is 0 Å². The fourth-order valence-electron chi connectivity index (χ4n) is 1.14. The van der Waals surface area contributed by atoms with Crippen LogP contribution in [0.5, 0.6) is 0 Å². The van der Waals surface area contributed by atoms with Crippen molar-refractivity contribution in [2.75, 3.05) is 13.1 Å². The summed E-state index contributed by atoms with van der Waals surface area (Å²) in [4.78, 5) is 13.3. The van der Waals surface area contributed by atoms with Crippen LogP contribution in [-0.2, 0) is 4.79 Å². The zero-order chi connectivity index (χ0) is 11.1. The minimum atomic E-state index is -0.580. The van der Waals surface area contributed by atoms with Gasteiger partial charge in [0.25, 0.3) is 0 Å². The summed E-state index contributed by atoms with van der Waals surface area (Å²) in [6.45, 7) is 6.39. The smallest absolute Gasteiger partial charge is 0.240 e. The third-order valence-corrected chi connectivity index (χ3v) is 2.05. The molecule has 0 saturated carbocycles. The van der Waals surface area contributed by atoms with Crippen LogP contribution in [0.2, 0.25) is 0 Å². The quantitative estimate of drug-likeness (QED) is 0.629. The number of carbonyl (C=O) groups excluding carboxylic acids is 1. The van der Waals surface area contributed by atoms with Crippen LogP contribution >= 0.6 is 0 Å². The summed E-state index contributed by atoms with van der Waals surface area (Å²) < 4.78 is 0. The van der Waals surface area contributed by atoms with Gasteiger partial charge in [0.2, 0.25) is 5.91 Å². The number of amides is 1. The van der Waals surface area contributed by atoms with E-state index in [-0.39, 0.29) is 18.4 Å². The number of rotatable bonds is 4. The summed E-state index contributed by atoms with van der Waals surface area (Å²) in [5, 5.41) is 8.83. The van der Waals surface area contributed by atoms with Gasteiger partial charge in [0.05, 0.1) is 12.6 Å². The van der Waals surface area contributed by atoms with Gasteiger partial charge < -0.3 is 4.90 Å². The molecule has 1 amide bonds. The van der Waals surface area contributed by atoms with E-state index < -0.39 is 5.92 Å². The summed E-state index contributed by atoms with van der Waals surface area (Å²) in [6.07, 6.45) is 5.13. The molecule has 0 heterocycles. The molecule has 0 aromatic heterocycles. The number of terminal acetylenes is 1. The molecule has 14 heavy (non-hydrogen) atoms. The van der Waals surface area contributed by atoms with Gasteiger partial charge >= 0.3 is 0 Å². The molecule has 0 aliphatic heterocycles. The average molecular weight is 192 g/mol. The molecule has 1 unspecified atom stereocenters. The first-order valence-corrected chi connectivity index (χ1v) is 4.70. The molecule has 0 bridgehead atoms. The van der Waals surface area contributed by atoms with Crippen LogP contribution in [-0.4, -0.2) is 23.9 Å². The highest BCUT2D eigenvalue weighted by molar-refractivity contribution is 5.81. The Labute approximate surface area is 85.7 Å². The molecule has 0 aromatic rings. The van der Waals surface area contributed by atoms with Gasteiger partial charge in [-0.2, -0.15) is 5.26 Å². The lowest BCUT2D eigenvalue weighted by Gasteiger charge is -2.22. The molecular weight excluding hydrogens is 176 g/mol. The number of hydrogen-bond donors (Lipinski definition) is 0. The maximum Gasteiger partial charge on any atom is 0.240 e. The normalized spacial score (nSPS) is 11.6. The lowest BCUT2D eigenvalue weighted by Crippen LogP contribution is -2.37. The molecule has 0 radical (unpaired) electrons. The van der Waals surface area contributed by atoms with Gasteiger partial charge in [-0.25, -0.2) is 0 Å². The predicted molar refractivity (Wildman–Crippen MR) is 55.0 cm³/mol.